The highest BCUT2D eigenvalue weighted by atomic mass is 19.1. The van der Waals surface area contributed by atoms with E-state index in [1.54, 1.807) is 7.11 Å². The molecule has 1 aromatic carbocycles. The number of hydrogen-bond acceptors (Lipinski definition) is 2. The number of halogens is 1. The van der Waals surface area contributed by atoms with Crippen molar-refractivity contribution in [2.24, 2.45) is 5.92 Å². The number of piperidine rings is 1. The molecule has 0 bridgehead atoms. The zero-order chi connectivity index (χ0) is 12.1. The first kappa shape index (κ1) is 12.4. The fourth-order valence-corrected chi connectivity index (χ4v) is 2.49. The smallest absolute Gasteiger partial charge is 0.124 e. The Hall–Kier alpha value is -1.09. The second-order valence-corrected chi connectivity index (χ2v) is 4.70. The van der Waals surface area contributed by atoms with Gasteiger partial charge in [-0.15, -0.1) is 0 Å². The van der Waals surface area contributed by atoms with Crippen LogP contribution in [0.2, 0.25) is 0 Å². The summed E-state index contributed by atoms with van der Waals surface area (Å²) in [5.74, 6) is 1.34. The Labute approximate surface area is 102 Å². The van der Waals surface area contributed by atoms with Crippen molar-refractivity contribution in [2.45, 2.75) is 25.9 Å². The van der Waals surface area contributed by atoms with Gasteiger partial charge in [-0.3, -0.25) is 0 Å². The number of benzene rings is 1. The van der Waals surface area contributed by atoms with Crippen molar-refractivity contribution in [2.75, 3.05) is 20.2 Å². The summed E-state index contributed by atoms with van der Waals surface area (Å²) in [6.07, 6.45) is 3.55. The number of nitrogens with one attached hydrogen (secondary N) is 1. The maximum Gasteiger partial charge on any atom is 0.124 e. The highest BCUT2D eigenvalue weighted by Crippen LogP contribution is 2.23. The first-order valence-electron chi connectivity index (χ1n) is 6.26. The lowest BCUT2D eigenvalue weighted by Crippen LogP contribution is -2.30. The van der Waals surface area contributed by atoms with Gasteiger partial charge in [0, 0.05) is 5.56 Å². The molecule has 0 aliphatic carbocycles. The van der Waals surface area contributed by atoms with E-state index in [1.807, 2.05) is 18.2 Å². The van der Waals surface area contributed by atoms with Gasteiger partial charge < -0.3 is 10.1 Å². The molecule has 0 radical (unpaired) electrons. The van der Waals surface area contributed by atoms with E-state index in [0.29, 0.717) is 17.2 Å². The van der Waals surface area contributed by atoms with Gasteiger partial charge in [-0.25, -0.2) is 4.39 Å². The van der Waals surface area contributed by atoms with Crippen LogP contribution >= 0.6 is 0 Å². The van der Waals surface area contributed by atoms with Crippen LogP contribution in [0.1, 0.15) is 24.0 Å². The molecule has 1 N–H and O–H groups in total. The standard InChI is InChI=1S/C14H20FNO/c1-17-14-5-4-11(8-13(14)9-15)7-12-3-2-6-16-10-12/h4-5,8,12,16H,2-3,6-7,9-10H2,1H3. The van der Waals surface area contributed by atoms with Gasteiger partial charge >= 0.3 is 0 Å². The summed E-state index contributed by atoms with van der Waals surface area (Å²) in [4.78, 5) is 0. The van der Waals surface area contributed by atoms with E-state index in [-0.39, 0.29) is 0 Å². The molecule has 1 aromatic rings. The minimum absolute atomic E-state index is 0.458. The molecule has 94 valence electrons. The molecule has 2 rings (SSSR count). The molecule has 17 heavy (non-hydrogen) atoms. The van der Waals surface area contributed by atoms with Crippen LogP contribution in [0.4, 0.5) is 4.39 Å². The van der Waals surface area contributed by atoms with Crippen molar-refractivity contribution in [1.29, 1.82) is 0 Å². The molecule has 1 saturated heterocycles. The first-order chi connectivity index (χ1) is 8.33. The number of hydrogen-bond donors (Lipinski definition) is 1. The van der Waals surface area contributed by atoms with Gasteiger partial charge in [0.15, 0.2) is 0 Å². The Bertz CT molecular complexity index is 361. The highest BCUT2D eigenvalue weighted by molar-refractivity contribution is 5.37. The Balaban J connectivity index is 2.05. The number of ether oxygens (including phenoxy) is 1. The molecule has 1 aliphatic rings. The number of rotatable bonds is 4. The van der Waals surface area contributed by atoms with Gasteiger partial charge in [0.05, 0.1) is 7.11 Å². The maximum atomic E-state index is 12.8. The zero-order valence-corrected chi connectivity index (χ0v) is 10.3. The van der Waals surface area contributed by atoms with Gasteiger partial charge in [0.25, 0.3) is 0 Å². The summed E-state index contributed by atoms with van der Waals surface area (Å²) in [6.45, 7) is 1.76. The summed E-state index contributed by atoms with van der Waals surface area (Å²) in [7, 11) is 1.58. The van der Waals surface area contributed by atoms with Crippen LogP contribution in [-0.2, 0) is 13.1 Å². The van der Waals surface area contributed by atoms with Crippen molar-refractivity contribution in [1.82, 2.24) is 5.32 Å². The Morgan fingerprint density at radius 3 is 3.00 bits per heavy atom. The largest absolute Gasteiger partial charge is 0.496 e. The van der Waals surface area contributed by atoms with E-state index in [2.05, 4.69) is 5.32 Å². The van der Waals surface area contributed by atoms with Gasteiger partial charge in [0.1, 0.15) is 12.4 Å². The summed E-state index contributed by atoms with van der Waals surface area (Å²) in [6, 6.07) is 5.86. The molecule has 0 amide bonds. The third-order valence-corrected chi connectivity index (χ3v) is 3.41. The Kier molecular flexibility index (Phi) is 4.37. The molecule has 3 heteroatoms. The monoisotopic (exact) mass is 237 g/mol. The van der Waals surface area contributed by atoms with Gasteiger partial charge in [-0.1, -0.05) is 6.07 Å². The molecule has 1 heterocycles. The lowest BCUT2D eigenvalue weighted by atomic mass is 9.92. The summed E-state index contributed by atoms with van der Waals surface area (Å²) >= 11 is 0. The first-order valence-corrected chi connectivity index (χ1v) is 6.26. The van der Waals surface area contributed by atoms with E-state index in [4.69, 9.17) is 4.74 Å². The summed E-state index contributed by atoms with van der Waals surface area (Å²) < 4.78 is 18.0. The van der Waals surface area contributed by atoms with E-state index in [9.17, 15) is 4.39 Å². The summed E-state index contributed by atoms with van der Waals surface area (Å²) in [5.41, 5.74) is 1.88. The average molecular weight is 237 g/mol. The average Bonchev–Trinajstić information content (AvgIpc) is 2.40. The quantitative estimate of drug-likeness (QED) is 0.869. The van der Waals surface area contributed by atoms with Crippen molar-refractivity contribution in [3.05, 3.63) is 29.3 Å². The number of alkyl halides is 1. The van der Waals surface area contributed by atoms with Gasteiger partial charge in [-0.05, 0) is 56.0 Å². The zero-order valence-electron chi connectivity index (χ0n) is 10.3. The van der Waals surface area contributed by atoms with E-state index >= 15 is 0 Å². The van der Waals surface area contributed by atoms with Gasteiger partial charge in [0.2, 0.25) is 0 Å². The topological polar surface area (TPSA) is 21.3 Å². The third kappa shape index (κ3) is 3.19. The maximum absolute atomic E-state index is 12.8. The second kappa shape index (κ2) is 6.01. The van der Waals surface area contributed by atoms with Crippen LogP contribution in [0.25, 0.3) is 0 Å². The third-order valence-electron chi connectivity index (χ3n) is 3.41. The molecule has 0 saturated carbocycles. The highest BCUT2D eigenvalue weighted by Gasteiger charge is 2.14. The van der Waals surface area contributed by atoms with E-state index in [1.165, 1.54) is 18.4 Å². The van der Waals surface area contributed by atoms with Crippen molar-refractivity contribution in [3.8, 4) is 5.75 Å². The molecule has 1 atom stereocenters. The Morgan fingerprint density at radius 1 is 1.47 bits per heavy atom. The molecule has 1 unspecified atom stereocenters. The minimum Gasteiger partial charge on any atom is -0.496 e. The Morgan fingerprint density at radius 2 is 2.35 bits per heavy atom. The van der Waals surface area contributed by atoms with Crippen LogP contribution < -0.4 is 10.1 Å². The van der Waals surface area contributed by atoms with Crippen LogP contribution in [0.5, 0.6) is 5.75 Å². The van der Waals surface area contributed by atoms with E-state index < -0.39 is 6.67 Å². The van der Waals surface area contributed by atoms with E-state index in [0.717, 1.165) is 19.5 Å². The van der Waals surface area contributed by atoms with Crippen LogP contribution in [0.3, 0.4) is 0 Å². The predicted molar refractivity (Wildman–Crippen MR) is 67.1 cm³/mol. The summed E-state index contributed by atoms with van der Waals surface area (Å²) in [5, 5.41) is 3.41. The van der Waals surface area contributed by atoms with Crippen LogP contribution in [0, 0.1) is 5.92 Å². The molecule has 1 fully saturated rings. The minimum atomic E-state index is -0.458. The van der Waals surface area contributed by atoms with Crippen molar-refractivity contribution < 1.29 is 9.13 Å². The lowest BCUT2D eigenvalue weighted by Gasteiger charge is -2.23. The number of methoxy groups -OCH3 is 1. The molecule has 1 aliphatic heterocycles. The molecular formula is C14H20FNO. The van der Waals surface area contributed by atoms with Gasteiger partial charge in [-0.2, -0.15) is 0 Å². The lowest BCUT2D eigenvalue weighted by molar-refractivity contribution is 0.374. The molecule has 0 aromatic heterocycles. The van der Waals surface area contributed by atoms with Crippen molar-refractivity contribution >= 4 is 0 Å². The fourth-order valence-electron chi connectivity index (χ4n) is 2.49. The molecule has 0 spiro atoms. The van der Waals surface area contributed by atoms with Crippen LogP contribution in [-0.4, -0.2) is 20.2 Å². The van der Waals surface area contributed by atoms with Crippen LogP contribution in [0.15, 0.2) is 18.2 Å². The normalized spacial score (nSPS) is 20.2. The second-order valence-electron chi connectivity index (χ2n) is 4.70. The fraction of sp³-hybridized carbons (Fsp3) is 0.571. The SMILES string of the molecule is COc1ccc(CC2CCCNC2)cc1CF. The van der Waals surface area contributed by atoms with Crippen molar-refractivity contribution in [3.63, 3.8) is 0 Å². The molecular weight excluding hydrogens is 217 g/mol. The predicted octanol–water partition coefficient (Wildman–Crippen LogP) is 2.71. The molecule has 2 nitrogen and oxygen atoms in total.